The van der Waals surface area contributed by atoms with Crippen LogP contribution in [0.15, 0.2) is 42.5 Å². The van der Waals surface area contributed by atoms with Crippen LogP contribution in [0.4, 0.5) is 4.39 Å². The van der Waals surface area contributed by atoms with E-state index in [0.29, 0.717) is 22.8 Å². The number of carboxylic acid groups (broad SMARTS) is 1. The van der Waals surface area contributed by atoms with Gasteiger partial charge >= 0.3 is 5.97 Å². The largest absolute Gasteiger partial charge is 0.482 e. The van der Waals surface area contributed by atoms with E-state index in [-0.39, 0.29) is 29.6 Å². The number of halogens is 2. The van der Waals surface area contributed by atoms with E-state index in [4.69, 9.17) is 21.4 Å². The van der Waals surface area contributed by atoms with Crippen LogP contribution in [0.1, 0.15) is 36.4 Å². The molecular weight excluding hydrogens is 373 g/mol. The Balaban J connectivity index is 1.58. The molecule has 0 saturated heterocycles. The molecule has 1 aliphatic rings. The van der Waals surface area contributed by atoms with E-state index in [1.807, 2.05) is 6.92 Å². The molecule has 1 aliphatic carbocycles. The zero-order valence-electron chi connectivity index (χ0n) is 14.6. The van der Waals surface area contributed by atoms with Crippen LogP contribution in [-0.4, -0.2) is 23.6 Å². The topological polar surface area (TPSA) is 75.6 Å². The van der Waals surface area contributed by atoms with Gasteiger partial charge in [-0.05, 0) is 43.2 Å². The molecule has 3 rings (SSSR count). The Hall–Kier alpha value is -2.60. The average Bonchev–Trinajstić information content (AvgIpc) is 3.40. The van der Waals surface area contributed by atoms with Gasteiger partial charge in [0.2, 0.25) is 5.91 Å². The molecule has 0 aromatic heterocycles. The highest BCUT2D eigenvalue weighted by Gasteiger charge is 2.46. The lowest BCUT2D eigenvalue weighted by atomic mass is 10.1. The molecule has 0 bridgehead atoms. The summed E-state index contributed by atoms with van der Waals surface area (Å²) in [6, 6.07) is 11.1. The molecule has 27 heavy (non-hydrogen) atoms. The fourth-order valence-corrected chi connectivity index (χ4v) is 3.37. The molecule has 2 aromatic carbocycles. The molecule has 7 heteroatoms. The number of carboxylic acids is 1. The summed E-state index contributed by atoms with van der Waals surface area (Å²) >= 11 is 6.08. The Morgan fingerprint density at radius 3 is 2.63 bits per heavy atom. The third-order valence-corrected chi connectivity index (χ3v) is 4.93. The SMILES string of the molecule is CC(NC(=O)C1CC1c1c(F)cccc1Cl)c1ccc(OCC(=O)O)cc1. The van der Waals surface area contributed by atoms with Crippen molar-refractivity contribution in [2.24, 2.45) is 5.92 Å². The first kappa shape index (κ1) is 19.2. The molecule has 142 valence electrons. The Bertz CT molecular complexity index is 835. The second-order valence-electron chi connectivity index (χ2n) is 6.57. The van der Waals surface area contributed by atoms with Crippen molar-refractivity contribution in [1.82, 2.24) is 5.32 Å². The first-order valence-corrected chi connectivity index (χ1v) is 8.93. The minimum atomic E-state index is -1.05. The van der Waals surface area contributed by atoms with Crippen LogP contribution < -0.4 is 10.1 Å². The molecule has 1 amide bonds. The van der Waals surface area contributed by atoms with Crippen molar-refractivity contribution in [3.8, 4) is 5.75 Å². The summed E-state index contributed by atoms with van der Waals surface area (Å²) in [6.07, 6.45) is 0.571. The van der Waals surface area contributed by atoms with E-state index in [2.05, 4.69) is 5.32 Å². The van der Waals surface area contributed by atoms with Gasteiger partial charge in [-0.2, -0.15) is 0 Å². The van der Waals surface area contributed by atoms with Crippen molar-refractivity contribution in [3.05, 3.63) is 64.4 Å². The van der Waals surface area contributed by atoms with Crippen molar-refractivity contribution < 1.29 is 23.8 Å². The molecule has 0 spiro atoms. The molecule has 3 atom stereocenters. The fourth-order valence-electron chi connectivity index (χ4n) is 3.07. The van der Waals surface area contributed by atoms with Crippen LogP contribution >= 0.6 is 11.6 Å². The Labute approximate surface area is 161 Å². The second kappa shape index (κ2) is 7.96. The van der Waals surface area contributed by atoms with Crippen LogP contribution in [0.3, 0.4) is 0 Å². The molecule has 2 N–H and O–H groups in total. The van der Waals surface area contributed by atoms with Crippen LogP contribution in [0.2, 0.25) is 5.02 Å². The summed E-state index contributed by atoms with van der Waals surface area (Å²) in [4.78, 5) is 23.0. The summed E-state index contributed by atoms with van der Waals surface area (Å²) in [5.74, 6) is -1.62. The number of benzene rings is 2. The molecule has 0 radical (unpaired) electrons. The predicted octanol–water partition coefficient (Wildman–Crippen LogP) is 3.92. The van der Waals surface area contributed by atoms with Crippen molar-refractivity contribution in [2.75, 3.05) is 6.61 Å². The van der Waals surface area contributed by atoms with Crippen molar-refractivity contribution in [2.45, 2.75) is 25.3 Å². The van der Waals surface area contributed by atoms with Crippen molar-refractivity contribution in [3.63, 3.8) is 0 Å². The molecule has 5 nitrogen and oxygen atoms in total. The van der Waals surface area contributed by atoms with E-state index in [0.717, 1.165) is 5.56 Å². The number of amides is 1. The number of hydrogen-bond acceptors (Lipinski definition) is 3. The first-order chi connectivity index (χ1) is 12.9. The highest BCUT2D eigenvalue weighted by molar-refractivity contribution is 6.31. The van der Waals surface area contributed by atoms with Crippen molar-refractivity contribution >= 4 is 23.5 Å². The monoisotopic (exact) mass is 391 g/mol. The lowest BCUT2D eigenvalue weighted by molar-refractivity contribution is -0.139. The number of nitrogens with one attached hydrogen (secondary N) is 1. The number of rotatable bonds is 7. The van der Waals surface area contributed by atoms with Gasteiger partial charge in [-0.1, -0.05) is 29.8 Å². The molecular formula is C20H19ClFNO4. The highest BCUT2D eigenvalue weighted by Crippen LogP contribution is 2.50. The highest BCUT2D eigenvalue weighted by atomic mass is 35.5. The number of hydrogen-bond donors (Lipinski definition) is 2. The number of carbonyl (C=O) groups excluding carboxylic acids is 1. The number of carbonyl (C=O) groups is 2. The maximum atomic E-state index is 14.0. The van der Waals surface area contributed by atoms with Gasteiger partial charge in [0.15, 0.2) is 6.61 Å². The minimum absolute atomic E-state index is 0.141. The lowest BCUT2D eigenvalue weighted by Gasteiger charge is -2.15. The van der Waals surface area contributed by atoms with E-state index < -0.39 is 12.6 Å². The molecule has 3 unspecified atom stereocenters. The summed E-state index contributed by atoms with van der Waals surface area (Å²) in [5, 5.41) is 11.9. The quantitative estimate of drug-likeness (QED) is 0.750. The van der Waals surface area contributed by atoms with E-state index in [1.54, 1.807) is 36.4 Å². The lowest BCUT2D eigenvalue weighted by Crippen LogP contribution is -2.28. The van der Waals surface area contributed by atoms with E-state index in [1.165, 1.54) is 6.07 Å². The maximum absolute atomic E-state index is 14.0. The third kappa shape index (κ3) is 4.57. The van der Waals surface area contributed by atoms with Gasteiger partial charge in [-0.25, -0.2) is 9.18 Å². The first-order valence-electron chi connectivity index (χ1n) is 8.55. The number of aliphatic carboxylic acids is 1. The van der Waals surface area contributed by atoms with Gasteiger partial charge in [0.05, 0.1) is 6.04 Å². The molecule has 1 fully saturated rings. The van der Waals surface area contributed by atoms with Gasteiger partial charge in [0, 0.05) is 22.4 Å². The van der Waals surface area contributed by atoms with Gasteiger partial charge in [0.1, 0.15) is 11.6 Å². The van der Waals surface area contributed by atoms with Gasteiger partial charge in [-0.15, -0.1) is 0 Å². The summed E-state index contributed by atoms with van der Waals surface area (Å²) < 4.78 is 19.1. The summed E-state index contributed by atoms with van der Waals surface area (Å²) in [6.45, 7) is 1.44. The maximum Gasteiger partial charge on any atom is 0.341 e. The molecule has 0 aliphatic heterocycles. The van der Waals surface area contributed by atoms with Gasteiger partial charge in [-0.3, -0.25) is 4.79 Å². The molecule has 0 heterocycles. The average molecular weight is 392 g/mol. The van der Waals surface area contributed by atoms with Crippen LogP contribution in [-0.2, 0) is 9.59 Å². The Kier molecular flexibility index (Phi) is 5.65. The zero-order valence-corrected chi connectivity index (χ0v) is 15.4. The summed E-state index contributed by atoms with van der Waals surface area (Å²) in [5.41, 5.74) is 1.26. The predicted molar refractivity (Wildman–Crippen MR) is 98.4 cm³/mol. The molecule has 2 aromatic rings. The van der Waals surface area contributed by atoms with E-state index >= 15 is 0 Å². The molecule has 1 saturated carbocycles. The van der Waals surface area contributed by atoms with Gasteiger partial charge < -0.3 is 15.2 Å². The third-order valence-electron chi connectivity index (χ3n) is 4.60. The Morgan fingerprint density at radius 1 is 1.30 bits per heavy atom. The van der Waals surface area contributed by atoms with Gasteiger partial charge in [0.25, 0.3) is 0 Å². The van der Waals surface area contributed by atoms with E-state index in [9.17, 15) is 14.0 Å². The number of ether oxygens (including phenoxy) is 1. The van der Waals surface area contributed by atoms with Crippen LogP contribution in [0.25, 0.3) is 0 Å². The Morgan fingerprint density at radius 2 is 2.00 bits per heavy atom. The summed E-state index contributed by atoms with van der Waals surface area (Å²) in [7, 11) is 0. The van der Waals surface area contributed by atoms with Crippen molar-refractivity contribution in [1.29, 1.82) is 0 Å². The second-order valence-corrected chi connectivity index (χ2v) is 6.97. The minimum Gasteiger partial charge on any atom is -0.482 e. The van der Waals surface area contributed by atoms with Crippen LogP contribution in [0.5, 0.6) is 5.75 Å². The zero-order chi connectivity index (χ0) is 19.6. The fraction of sp³-hybridized carbons (Fsp3) is 0.300. The smallest absolute Gasteiger partial charge is 0.341 e. The normalized spacial score (nSPS) is 19.2. The standard InChI is InChI=1S/C20H19ClFNO4/c1-11(12-5-7-13(8-6-12)27-10-18(24)25)23-20(26)15-9-14(15)19-16(21)3-2-4-17(19)22/h2-8,11,14-15H,9-10H2,1H3,(H,23,26)(H,24,25). The van der Waals surface area contributed by atoms with Crippen LogP contribution in [0, 0.1) is 11.7 Å².